The van der Waals surface area contributed by atoms with E-state index < -0.39 is 5.60 Å². The smallest absolute Gasteiger partial charge is 0.170 e. The molecule has 92 valence electrons. The minimum absolute atomic E-state index is 0.123. The van der Waals surface area contributed by atoms with E-state index in [-0.39, 0.29) is 5.78 Å². The van der Waals surface area contributed by atoms with E-state index in [2.05, 4.69) is 15.9 Å². The van der Waals surface area contributed by atoms with Gasteiger partial charge in [-0.2, -0.15) is 0 Å². The second-order valence-electron chi connectivity index (χ2n) is 4.31. The molecular formula is C13H15BrO3. The van der Waals surface area contributed by atoms with Gasteiger partial charge in [-0.15, -0.1) is 0 Å². The number of benzene rings is 1. The van der Waals surface area contributed by atoms with E-state index in [1.54, 1.807) is 13.2 Å². The molecule has 17 heavy (non-hydrogen) atoms. The molecule has 0 spiro atoms. The lowest BCUT2D eigenvalue weighted by Crippen LogP contribution is -2.45. The van der Waals surface area contributed by atoms with Crippen LogP contribution >= 0.6 is 15.9 Å². The molecule has 1 heterocycles. The Balaban J connectivity index is 2.40. The van der Waals surface area contributed by atoms with Crippen LogP contribution in [0.4, 0.5) is 0 Å². The maximum atomic E-state index is 12.1. The number of hydrogen-bond donors (Lipinski definition) is 0. The Kier molecular flexibility index (Phi) is 3.54. The van der Waals surface area contributed by atoms with Gasteiger partial charge in [-0.3, -0.25) is 4.79 Å². The monoisotopic (exact) mass is 298 g/mol. The lowest BCUT2D eigenvalue weighted by molar-refractivity contribution is -0.0212. The second-order valence-corrected chi connectivity index (χ2v) is 5.23. The molecule has 0 amide bonds. The van der Waals surface area contributed by atoms with Crippen molar-refractivity contribution in [1.82, 2.24) is 0 Å². The van der Waals surface area contributed by atoms with Gasteiger partial charge in [-0.05, 0) is 24.6 Å². The molecular weight excluding hydrogens is 284 g/mol. The van der Waals surface area contributed by atoms with Gasteiger partial charge in [-0.25, -0.2) is 0 Å². The number of fused-ring (bicyclic) bond motifs is 1. The molecule has 4 heteroatoms. The number of Topliss-reactive ketones (excluding diaryl/α,β-unsaturated/α-hetero) is 1. The Morgan fingerprint density at radius 1 is 1.53 bits per heavy atom. The molecule has 1 aliphatic heterocycles. The minimum atomic E-state index is -0.514. The van der Waals surface area contributed by atoms with Crippen molar-refractivity contribution in [2.75, 3.05) is 13.7 Å². The molecule has 0 aromatic heterocycles. The molecule has 0 aliphatic carbocycles. The average molecular weight is 299 g/mol. The van der Waals surface area contributed by atoms with Gasteiger partial charge in [0.1, 0.15) is 11.4 Å². The largest absolute Gasteiger partial charge is 0.484 e. The van der Waals surface area contributed by atoms with Crippen molar-refractivity contribution in [3.8, 4) is 5.75 Å². The SMILES string of the molecule is CCC1(COC)CC(=O)c2ccc(Br)cc2O1. The van der Waals surface area contributed by atoms with Gasteiger partial charge in [0.2, 0.25) is 0 Å². The van der Waals surface area contributed by atoms with Crippen LogP contribution in [-0.4, -0.2) is 25.1 Å². The highest BCUT2D eigenvalue weighted by atomic mass is 79.9. The number of ketones is 1. The van der Waals surface area contributed by atoms with Crippen LogP contribution in [0, 0.1) is 0 Å². The van der Waals surface area contributed by atoms with Gasteiger partial charge in [0.05, 0.1) is 18.6 Å². The highest BCUT2D eigenvalue weighted by molar-refractivity contribution is 9.10. The molecule has 0 radical (unpaired) electrons. The van der Waals surface area contributed by atoms with Crippen LogP contribution in [0.1, 0.15) is 30.1 Å². The van der Waals surface area contributed by atoms with Crippen LogP contribution < -0.4 is 4.74 Å². The van der Waals surface area contributed by atoms with Crippen LogP contribution in [-0.2, 0) is 4.74 Å². The Morgan fingerprint density at radius 2 is 2.29 bits per heavy atom. The number of halogens is 1. The first-order valence-corrected chi connectivity index (χ1v) is 6.40. The summed E-state index contributed by atoms with van der Waals surface area (Å²) in [7, 11) is 1.63. The van der Waals surface area contributed by atoms with E-state index in [0.717, 1.165) is 10.9 Å². The van der Waals surface area contributed by atoms with Crippen molar-refractivity contribution in [2.24, 2.45) is 0 Å². The first-order valence-electron chi connectivity index (χ1n) is 5.61. The maximum Gasteiger partial charge on any atom is 0.170 e. The van der Waals surface area contributed by atoms with Gasteiger partial charge in [0, 0.05) is 11.6 Å². The topological polar surface area (TPSA) is 35.5 Å². The fourth-order valence-corrected chi connectivity index (χ4v) is 2.45. The van der Waals surface area contributed by atoms with E-state index >= 15 is 0 Å². The zero-order valence-corrected chi connectivity index (χ0v) is 11.5. The molecule has 0 fully saturated rings. The summed E-state index contributed by atoms with van der Waals surface area (Å²) in [4.78, 5) is 12.1. The van der Waals surface area contributed by atoms with Crippen molar-refractivity contribution in [2.45, 2.75) is 25.4 Å². The van der Waals surface area contributed by atoms with Crippen molar-refractivity contribution in [1.29, 1.82) is 0 Å². The Hall–Kier alpha value is -0.870. The molecule has 0 saturated heterocycles. The summed E-state index contributed by atoms with van der Waals surface area (Å²) >= 11 is 3.39. The first-order chi connectivity index (χ1) is 8.10. The van der Waals surface area contributed by atoms with Crippen LogP contribution in [0.15, 0.2) is 22.7 Å². The summed E-state index contributed by atoms with van der Waals surface area (Å²) in [5.41, 5.74) is 0.146. The van der Waals surface area contributed by atoms with Crippen molar-refractivity contribution >= 4 is 21.7 Å². The molecule has 3 nitrogen and oxygen atoms in total. The highest BCUT2D eigenvalue weighted by Gasteiger charge is 2.39. The molecule has 0 saturated carbocycles. The van der Waals surface area contributed by atoms with Crippen LogP contribution in [0.25, 0.3) is 0 Å². The Morgan fingerprint density at radius 3 is 2.94 bits per heavy atom. The zero-order chi connectivity index (χ0) is 12.5. The predicted molar refractivity (Wildman–Crippen MR) is 68.6 cm³/mol. The van der Waals surface area contributed by atoms with E-state index in [0.29, 0.717) is 24.3 Å². The predicted octanol–water partition coefficient (Wildman–Crippen LogP) is 3.21. The summed E-state index contributed by atoms with van der Waals surface area (Å²) in [6.07, 6.45) is 1.13. The van der Waals surface area contributed by atoms with Gasteiger partial charge < -0.3 is 9.47 Å². The number of hydrogen-bond acceptors (Lipinski definition) is 3. The fraction of sp³-hybridized carbons (Fsp3) is 0.462. The number of carbonyl (C=O) groups excluding carboxylic acids is 1. The standard InChI is InChI=1S/C13H15BrO3/c1-3-13(8-16-2)7-11(15)10-5-4-9(14)6-12(10)17-13/h4-6H,3,7-8H2,1-2H3. The summed E-state index contributed by atoms with van der Waals surface area (Å²) in [6, 6.07) is 5.50. The molecule has 1 aromatic carbocycles. The summed E-state index contributed by atoms with van der Waals surface area (Å²) in [6.45, 7) is 2.44. The van der Waals surface area contributed by atoms with Crippen LogP contribution in [0.5, 0.6) is 5.75 Å². The van der Waals surface area contributed by atoms with Crippen molar-refractivity contribution < 1.29 is 14.3 Å². The van der Waals surface area contributed by atoms with Crippen LogP contribution in [0.3, 0.4) is 0 Å². The third-order valence-corrected chi connectivity index (χ3v) is 3.60. The third kappa shape index (κ3) is 2.38. The van der Waals surface area contributed by atoms with Gasteiger partial charge in [-0.1, -0.05) is 22.9 Å². The number of methoxy groups -OCH3 is 1. The maximum absolute atomic E-state index is 12.1. The summed E-state index contributed by atoms with van der Waals surface area (Å²) in [5.74, 6) is 0.771. The van der Waals surface area contributed by atoms with Crippen LogP contribution in [0.2, 0.25) is 0 Å². The van der Waals surface area contributed by atoms with E-state index in [1.807, 2.05) is 19.1 Å². The van der Waals surface area contributed by atoms with Crippen molar-refractivity contribution in [3.05, 3.63) is 28.2 Å². The van der Waals surface area contributed by atoms with E-state index in [1.165, 1.54) is 0 Å². The fourth-order valence-electron chi connectivity index (χ4n) is 2.11. The minimum Gasteiger partial charge on any atom is -0.484 e. The van der Waals surface area contributed by atoms with E-state index in [4.69, 9.17) is 9.47 Å². The molecule has 1 aromatic rings. The number of ether oxygens (including phenoxy) is 2. The molecule has 2 rings (SSSR count). The molecule has 1 aliphatic rings. The molecule has 0 N–H and O–H groups in total. The lowest BCUT2D eigenvalue weighted by atomic mass is 9.88. The lowest BCUT2D eigenvalue weighted by Gasteiger charge is -2.36. The Labute approximate surface area is 109 Å². The van der Waals surface area contributed by atoms with Gasteiger partial charge in [0.25, 0.3) is 0 Å². The molecule has 1 unspecified atom stereocenters. The normalized spacial score (nSPS) is 23.1. The third-order valence-electron chi connectivity index (χ3n) is 3.10. The highest BCUT2D eigenvalue weighted by Crippen LogP contribution is 2.36. The second kappa shape index (κ2) is 4.78. The van der Waals surface area contributed by atoms with Gasteiger partial charge >= 0.3 is 0 Å². The zero-order valence-electron chi connectivity index (χ0n) is 9.96. The summed E-state index contributed by atoms with van der Waals surface area (Å²) < 4.78 is 12.1. The molecule has 1 atom stereocenters. The van der Waals surface area contributed by atoms with Crippen molar-refractivity contribution in [3.63, 3.8) is 0 Å². The number of rotatable bonds is 3. The quantitative estimate of drug-likeness (QED) is 0.859. The summed E-state index contributed by atoms with van der Waals surface area (Å²) in [5, 5.41) is 0. The average Bonchev–Trinajstić information content (AvgIpc) is 2.28. The number of carbonyl (C=O) groups is 1. The first kappa shape index (κ1) is 12.6. The van der Waals surface area contributed by atoms with E-state index in [9.17, 15) is 4.79 Å². The Bertz CT molecular complexity index is 444. The van der Waals surface area contributed by atoms with Gasteiger partial charge in [0.15, 0.2) is 5.78 Å². The molecule has 0 bridgehead atoms.